The van der Waals surface area contributed by atoms with Crippen LogP contribution in [-0.2, 0) is 4.74 Å². The predicted octanol–water partition coefficient (Wildman–Crippen LogP) is 3.84. The molecule has 1 unspecified atom stereocenters. The summed E-state index contributed by atoms with van der Waals surface area (Å²) in [7, 11) is 0. The molecule has 2 aliphatic rings. The van der Waals surface area contributed by atoms with Gasteiger partial charge in [-0.3, -0.25) is 0 Å². The topological polar surface area (TPSA) is 50.4 Å². The summed E-state index contributed by atoms with van der Waals surface area (Å²) in [5, 5.41) is 0.724. The molecule has 2 aliphatic heterocycles. The number of rotatable bonds is 1. The molecule has 0 aliphatic carbocycles. The third kappa shape index (κ3) is 2.43. The maximum atomic E-state index is 14.7. The van der Waals surface area contributed by atoms with Crippen LogP contribution in [0.4, 0.5) is 10.2 Å². The lowest BCUT2D eigenvalue weighted by molar-refractivity contribution is 0.192. The van der Waals surface area contributed by atoms with Gasteiger partial charge in [-0.05, 0) is 34.6 Å². The summed E-state index contributed by atoms with van der Waals surface area (Å²) < 4.78 is 26.3. The first-order chi connectivity index (χ1) is 11.1. The van der Waals surface area contributed by atoms with Crippen LogP contribution in [0.3, 0.4) is 0 Å². The van der Waals surface area contributed by atoms with Crippen LogP contribution in [0, 0.1) is 10.6 Å². The van der Waals surface area contributed by atoms with Crippen LogP contribution < -0.4 is 9.64 Å². The van der Waals surface area contributed by atoms with Gasteiger partial charge in [0.15, 0.2) is 16.3 Å². The highest BCUT2D eigenvalue weighted by atomic mass is 79.9. The van der Waals surface area contributed by atoms with E-state index in [0.29, 0.717) is 43.3 Å². The summed E-state index contributed by atoms with van der Waals surface area (Å²) in [6, 6.07) is 0.169. The number of benzene rings is 1. The molecule has 0 radical (unpaired) electrons. The van der Waals surface area contributed by atoms with Gasteiger partial charge in [0, 0.05) is 6.61 Å². The second-order valence-corrected chi connectivity index (χ2v) is 7.00. The van der Waals surface area contributed by atoms with E-state index in [4.69, 9.17) is 33.3 Å². The molecule has 23 heavy (non-hydrogen) atoms. The smallest absolute Gasteiger partial charge is 0.199 e. The van der Waals surface area contributed by atoms with E-state index in [2.05, 4.69) is 30.8 Å². The molecule has 1 N–H and O–H groups in total. The van der Waals surface area contributed by atoms with Gasteiger partial charge in [-0.25, -0.2) is 9.37 Å². The number of aromatic nitrogens is 2. The highest BCUT2D eigenvalue weighted by Gasteiger charge is 2.31. The molecule has 3 heterocycles. The maximum absolute atomic E-state index is 14.7. The monoisotopic (exact) mass is 419 g/mol. The molecule has 1 atom stereocenters. The molecule has 4 rings (SSSR count). The van der Waals surface area contributed by atoms with Crippen molar-refractivity contribution in [2.75, 3.05) is 31.3 Å². The second-order valence-electron chi connectivity index (χ2n) is 5.45. The number of nitrogens with zero attached hydrogens (tertiary/aromatic N) is 2. The fraction of sp³-hybridized carbons (Fsp3) is 0.429. The van der Waals surface area contributed by atoms with Gasteiger partial charge in [-0.1, -0.05) is 11.6 Å². The van der Waals surface area contributed by atoms with E-state index in [1.165, 1.54) is 0 Å². The lowest BCUT2D eigenvalue weighted by Crippen LogP contribution is -2.38. The SMILES string of the molecule is Fc1c(Br)c(Cl)c2c3c(nc(=S)[nH]c13)N(C1CCOC1)CCO2. The van der Waals surface area contributed by atoms with Gasteiger partial charge >= 0.3 is 0 Å². The Hall–Kier alpha value is -0.960. The molecule has 1 fully saturated rings. The number of aromatic amines is 1. The minimum absolute atomic E-state index is 0.155. The Labute approximate surface area is 149 Å². The molecular formula is C14H12BrClFN3O2S. The van der Waals surface area contributed by atoms with E-state index in [0.717, 1.165) is 6.42 Å². The number of anilines is 1. The Morgan fingerprint density at radius 2 is 2.26 bits per heavy atom. The second kappa shape index (κ2) is 5.84. The molecule has 1 aromatic heterocycles. The number of H-pyrrole nitrogens is 1. The van der Waals surface area contributed by atoms with Crippen LogP contribution in [0.5, 0.6) is 5.75 Å². The molecule has 0 bridgehead atoms. The van der Waals surface area contributed by atoms with Gasteiger partial charge < -0.3 is 19.4 Å². The Kier molecular flexibility index (Phi) is 3.95. The van der Waals surface area contributed by atoms with E-state index in [1.54, 1.807) is 0 Å². The third-order valence-electron chi connectivity index (χ3n) is 4.14. The van der Waals surface area contributed by atoms with Crippen LogP contribution in [0.15, 0.2) is 4.47 Å². The summed E-state index contributed by atoms with van der Waals surface area (Å²) in [5.41, 5.74) is 0.247. The molecule has 5 nitrogen and oxygen atoms in total. The van der Waals surface area contributed by atoms with E-state index in [-0.39, 0.29) is 25.8 Å². The van der Waals surface area contributed by atoms with Gasteiger partial charge in [0.2, 0.25) is 0 Å². The van der Waals surface area contributed by atoms with E-state index >= 15 is 0 Å². The number of hydrogen-bond donors (Lipinski definition) is 1. The first-order valence-electron chi connectivity index (χ1n) is 7.15. The average Bonchev–Trinajstić information content (AvgIpc) is 2.99. The fourth-order valence-electron chi connectivity index (χ4n) is 3.08. The standard InChI is InChI=1S/C14H12BrClFN3O2S/c15-8-9(16)12-7-11(10(8)17)18-14(23)19-13(7)20(2-4-22-12)6-1-3-21-5-6/h6H,1-5H2,(H,18,19,23). The summed E-state index contributed by atoms with van der Waals surface area (Å²) in [5.74, 6) is 0.516. The van der Waals surface area contributed by atoms with E-state index < -0.39 is 5.82 Å². The highest BCUT2D eigenvalue weighted by Crippen LogP contribution is 2.45. The van der Waals surface area contributed by atoms with Gasteiger partial charge in [-0.2, -0.15) is 0 Å². The Bertz CT molecular complexity index is 856. The summed E-state index contributed by atoms with van der Waals surface area (Å²) in [6.07, 6.45) is 0.886. The molecule has 2 aromatic rings. The Balaban J connectivity index is 2.06. The maximum Gasteiger partial charge on any atom is 0.199 e. The minimum Gasteiger partial charge on any atom is -0.489 e. The number of halogens is 3. The van der Waals surface area contributed by atoms with Crippen molar-refractivity contribution < 1.29 is 13.9 Å². The zero-order chi connectivity index (χ0) is 16.1. The van der Waals surface area contributed by atoms with Gasteiger partial charge in [-0.15, -0.1) is 0 Å². The van der Waals surface area contributed by atoms with Crippen molar-refractivity contribution in [2.45, 2.75) is 12.5 Å². The molecule has 0 amide bonds. The number of ether oxygens (including phenoxy) is 2. The van der Waals surface area contributed by atoms with Gasteiger partial charge in [0.05, 0.1) is 34.6 Å². The summed E-state index contributed by atoms with van der Waals surface area (Å²) in [6.45, 7) is 2.34. The summed E-state index contributed by atoms with van der Waals surface area (Å²) >= 11 is 14.6. The largest absolute Gasteiger partial charge is 0.489 e. The van der Waals surface area contributed by atoms with Crippen molar-refractivity contribution in [3.05, 3.63) is 20.1 Å². The van der Waals surface area contributed by atoms with Crippen LogP contribution in [0.2, 0.25) is 5.02 Å². The lowest BCUT2D eigenvalue weighted by Gasteiger charge is -2.27. The third-order valence-corrected chi connectivity index (χ3v) is 5.67. The lowest BCUT2D eigenvalue weighted by atomic mass is 10.1. The molecule has 0 spiro atoms. The van der Waals surface area contributed by atoms with Crippen molar-refractivity contribution in [1.82, 2.24) is 9.97 Å². The van der Waals surface area contributed by atoms with Crippen molar-refractivity contribution in [3.63, 3.8) is 0 Å². The summed E-state index contributed by atoms with van der Waals surface area (Å²) in [4.78, 5) is 9.34. The molecular weight excluding hydrogens is 409 g/mol. The molecule has 1 saturated heterocycles. The van der Waals surface area contributed by atoms with E-state index in [9.17, 15) is 4.39 Å². The van der Waals surface area contributed by atoms with Gasteiger partial charge in [0.25, 0.3) is 0 Å². The van der Waals surface area contributed by atoms with Gasteiger partial charge in [0.1, 0.15) is 17.4 Å². The van der Waals surface area contributed by atoms with Crippen LogP contribution in [0.25, 0.3) is 10.9 Å². The predicted molar refractivity (Wildman–Crippen MR) is 91.7 cm³/mol. The quantitative estimate of drug-likeness (QED) is 0.561. The van der Waals surface area contributed by atoms with Crippen molar-refractivity contribution in [2.24, 2.45) is 0 Å². The number of hydrogen-bond acceptors (Lipinski definition) is 5. The van der Waals surface area contributed by atoms with Crippen molar-refractivity contribution in [1.29, 1.82) is 0 Å². The Morgan fingerprint density at radius 3 is 3.00 bits per heavy atom. The average molecular weight is 421 g/mol. The van der Waals surface area contributed by atoms with Crippen molar-refractivity contribution in [3.8, 4) is 5.75 Å². The Morgan fingerprint density at radius 1 is 1.43 bits per heavy atom. The van der Waals surface area contributed by atoms with Crippen LogP contribution in [0.1, 0.15) is 6.42 Å². The zero-order valence-corrected chi connectivity index (χ0v) is 15.0. The molecule has 122 valence electrons. The molecule has 0 saturated carbocycles. The number of nitrogens with one attached hydrogen (secondary N) is 1. The van der Waals surface area contributed by atoms with Crippen molar-refractivity contribution >= 4 is 56.5 Å². The molecule has 1 aromatic carbocycles. The first-order valence-corrected chi connectivity index (χ1v) is 8.73. The van der Waals surface area contributed by atoms with Crippen LogP contribution >= 0.6 is 39.7 Å². The first kappa shape index (κ1) is 15.6. The highest BCUT2D eigenvalue weighted by molar-refractivity contribution is 9.10. The fourth-order valence-corrected chi connectivity index (χ4v) is 3.87. The molecule has 9 heteroatoms. The van der Waals surface area contributed by atoms with E-state index in [1.807, 2.05) is 0 Å². The minimum atomic E-state index is -0.503. The zero-order valence-electron chi connectivity index (χ0n) is 11.9. The van der Waals surface area contributed by atoms with Crippen LogP contribution in [-0.4, -0.2) is 42.4 Å². The normalized spacial score (nSPS) is 20.7.